The molecule has 1 heterocycles. The Bertz CT molecular complexity index is 255. The van der Waals surface area contributed by atoms with Crippen LogP contribution in [0.1, 0.15) is 46.5 Å². The van der Waals surface area contributed by atoms with Gasteiger partial charge in [0.25, 0.3) is 0 Å². The molecule has 3 heteroatoms. The minimum absolute atomic E-state index is 0.227. The zero-order valence-electron chi connectivity index (χ0n) is 12.4. The lowest BCUT2D eigenvalue weighted by molar-refractivity contribution is -0.0529. The van der Waals surface area contributed by atoms with E-state index in [1.807, 2.05) is 0 Å². The molecule has 0 radical (unpaired) electrons. The second kappa shape index (κ2) is 6.36. The zero-order valence-corrected chi connectivity index (χ0v) is 12.4. The first-order valence-corrected chi connectivity index (χ1v) is 7.69. The summed E-state index contributed by atoms with van der Waals surface area (Å²) in [6.07, 6.45) is 5.56. The summed E-state index contributed by atoms with van der Waals surface area (Å²) >= 11 is 0. The van der Waals surface area contributed by atoms with E-state index in [0.717, 1.165) is 38.3 Å². The van der Waals surface area contributed by atoms with E-state index in [0.29, 0.717) is 0 Å². The van der Waals surface area contributed by atoms with Gasteiger partial charge in [0, 0.05) is 18.1 Å². The Morgan fingerprint density at radius 3 is 2.89 bits per heavy atom. The number of nitrogens with one attached hydrogen (secondary N) is 1. The molecule has 18 heavy (non-hydrogen) atoms. The largest absolute Gasteiger partial charge is 0.378 e. The monoisotopic (exact) mass is 254 g/mol. The lowest BCUT2D eigenvalue weighted by Crippen LogP contribution is -2.53. The van der Waals surface area contributed by atoms with Gasteiger partial charge in [0.05, 0.1) is 13.2 Å². The number of ether oxygens (including phenoxy) is 1. The number of rotatable bonds is 5. The highest BCUT2D eigenvalue weighted by atomic mass is 16.5. The lowest BCUT2D eigenvalue weighted by atomic mass is 9.96. The van der Waals surface area contributed by atoms with Crippen molar-refractivity contribution < 1.29 is 4.74 Å². The Morgan fingerprint density at radius 1 is 1.33 bits per heavy atom. The van der Waals surface area contributed by atoms with Crippen molar-refractivity contribution in [3.63, 3.8) is 0 Å². The topological polar surface area (TPSA) is 24.5 Å². The van der Waals surface area contributed by atoms with Crippen LogP contribution in [0, 0.1) is 5.92 Å². The van der Waals surface area contributed by atoms with Crippen LogP contribution in [0.15, 0.2) is 0 Å². The zero-order chi connectivity index (χ0) is 13.0. The Balaban J connectivity index is 1.79. The molecule has 1 N–H and O–H groups in total. The number of nitrogens with zero attached hydrogens (tertiary/aromatic N) is 1. The third kappa shape index (κ3) is 3.46. The second-order valence-corrected chi connectivity index (χ2v) is 6.50. The average Bonchev–Trinajstić information content (AvgIpc) is 2.75. The van der Waals surface area contributed by atoms with Gasteiger partial charge in [0.1, 0.15) is 0 Å². The molecule has 2 fully saturated rings. The van der Waals surface area contributed by atoms with Crippen molar-refractivity contribution in [3.05, 3.63) is 0 Å². The van der Waals surface area contributed by atoms with E-state index < -0.39 is 0 Å². The van der Waals surface area contributed by atoms with E-state index in [1.54, 1.807) is 0 Å². The van der Waals surface area contributed by atoms with Gasteiger partial charge in [-0.05, 0) is 52.1 Å². The highest BCUT2D eigenvalue weighted by Crippen LogP contribution is 2.30. The molecule has 1 aliphatic heterocycles. The molecule has 2 aliphatic rings. The number of hydrogen-bond acceptors (Lipinski definition) is 3. The fourth-order valence-corrected chi connectivity index (χ4v) is 3.54. The molecular weight excluding hydrogens is 224 g/mol. The second-order valence-electron chi connectivity index (χ2n) is 6.50. The fourth-order valence-electron chi connectivity index (χ4n) is 3.54. The van der Waals surface area contributed by atoms with Gasteiger partial charge in [0.2, 0.25) is 0 Å². The van der Waals surface area contributed by atoms with Crippen LogP contribution >= 0.6 is 0 Å². The minimum atomic E-state index is 0.227. The van der Waals surface area contributed by atoms with Crippen LogP contribution in [0.5, 0.6) is 0 Å². The average molecular weight is 254 g/mol. The normalized spacial score (nSPS) is 32.8. The lowest BCUT2D eigenvalue weighted by Gasteiger charge is -2.42. The van der Waals surface area contributed by atoms with Crippen molar-refractivity contribution in [3.8, 4) is 0 Å². The maximum Gasteiger partial charge on any atom is 0.0645 e. The summed E-state index contributed by atoms with van der Waals surface area (Å²) in [6.45, 7) is 12.1. The smallest absolute Gasteiger partial charge is 0.0645 e. The van der Waals surface area contributed by atoms with E-state index in [-0.39, 0.29) is 5.54 Å². The molecule has 1 saturated carbocycles. The van der Waals surface area contributed by atoms with Crippen LogP contribution < -0.4 is 5.32 Å². The van der Waals surface area contributed by atoms with E-state index in [9.17, 15) is 0 Å². The summed E-state index contributed by atoms with van der Waals surface area (Å²) in [5.41, 5.74) is 0.227. The molecular formula is C15H30N2O. The van der Waals surface area contributed by atoms with Gasteiger partial charge in [-0.15, -0.1) is 0 Å². The summed E-state index contributed by atoms with van der Waals surface area (Å²) < 4.78 is 5.59. The predicted molar refractivity (Wildman–Crippen MR) is 75.9 cm³/mol. The van der Waals surface area contributed by atoms with Gasteiger partial charge in [0.15, 0.2) is 0 Å². The molecule has 0 amide bonds. The predicted octanol–water partition coefficient (Wildman–Crippen LogP) is 2.27. The van der Waals surface area contributed by atoms with Crippen LogP contribution in [-0.2, 0) is 4.74 Å². The van der Waals surface area contributed by atoms with Crippen molar-refractivity contribution in [1.82, 2.24) is 10.2 Å². The third-order valence-corrected chi connectivity index (χ3v) is 4.71. The minimum Gasteiger partial charge on any atom is -0.378 e. The summed E-state index contributed by atoms with van der Waals surface area (Å²) in [5, 5.41) is 3.66. The molecule has 2 atom stereocenters. The van der Waals surface area contributed by atoms with Crippen molar-refractivity contribution in [2.75, 3.05) is 32.8 Å². The number of hydrogen-bond donors (Lipinski definition) is 1. The maximum absolute atomic E-state index is 5.59. The van der Waals surface area contributed by atoms with Crippen molar-refractivity contribution in [2.45, 2.75) is 58.0 Å². The van der Waals surface area contributed by atoms with E-state index in [4.69, 9.17) is 4.74 Å². The Labute approximate surface area is 112 Å². The SMILES string of the molecule is CCNC1CCCC1CCN1CCOCC1(C)C. The molecule has 2 unspecified atom stereocenters. The van der Waals surface area contributed by atoms with Crippen molar-refractivity contribution >= 4 is 0 Å². The molecule has 0 aromatic carbocycles. The summed E-state index contributed by atoms with van der Waals surface area (Å²) in [6, 6.07) is 0.777. The summed E-state index contributed by atoms with van der Waals surface area (Å²) in [4.78, 5) is 2.62. The molecule has 0 aromatic rings. The highest BCUT2D eigenvalue weighted by Gasteiger charge is 2.32. The molecule has 3 nitrogen and oxygen atoms in total. The Kier molecular flexibility index (Phi) is 5.05. The first-order chi connectivity index (χ1) is 8.63. The molecule has 106 valence electrons. The number of morpholine rings is 1. The summed E-state index contributed by atoms with van der Waals surface area (Å²) in [5.74, 6) is 0.892. The Hall–Kier alpha value is -0.120. The third-order valence-electron chi connectivity index (χ3n) is 4.71. The molecule has 1 aliphatic carbocycles. The van der Waals surface area contributed by atoms with E-state index in [1.165, 1.54) is 32.2 Å². The molecule has 2 rings (SSSR count). The molecule has 1 saturated heterocycles. The summed E-state index contributed by atoms with van der Waals surface area (Å²) in [7, 11) is 0. The van der Waals surface area contributed by atoms with Crippen molar-refractivity contribution in [1.29, 1.82) is 0 Å². The van der Waals surface area contributed by atoms with Gasteiger partial charge in [-0.2, -0.15) is 0 Å². The quantitative estimate of drug-likeness (QED) is 0.814. The van der Waals surface area contributed by atoms with Gasteiger partial charge < -0.3 is 10.1 Å². The van der Waals surface area contributed by atoms with Crippen LogP contribution in [0.3, 0.4) is 0 Å². The maximum atomic E-state index is 5.59. The van der Waals surface area contributed by atoms with E-state index >= 15 is 0 Å². The van der Waals surface area contributed by atoms with Gasteiger partial charge in [-0.25, -0.2) is 0 Å². The Morgan fingerprint density at radius 2 is 2.17 bits per heavy atom. The van der Waals surface area contributed by atoms with E-state index in [2.05, 4.69) is 31.0 Å². The first-order valence-electron chi connectivity index (χ1n) is 7.69. The van der Waals surface area contributed by atoms with Crippen LogP contribution in [0.2, 0.25) is 0 Å². The molecule has 0 bridgehead atoms. The fraction of sp³-hybridized carbons (Fsp3) is 1.00. The van der Waals surface area contributed by atoms with Gasteiger partial charge >= 0.3 is 0 Å². The molecule has 0 spiro atoms. The molecule has 0 aromatic heterocycles. The van der Waals surface area contributed by atoms with Crippen LogP contribution in [0.4, 0.5) is 0 Å². The van der Waals surface area contributed by atoms with Crippen molar-refractivity contribution in [2.24, 2.45) is 5.92 Å². The first kappa shape index (κ1) is 14.3. The van der Waals surface area contributed by atoms with Crippen LogP contribution in [-0.4, -0.2) is 49.3 Å². The van der Waals surface area contributed by atoms with Gasteiger partial charge in [-0.1, -0.05) is 13.3 Å². The van der Waals surface area contributed by atoms with Gasteiger partial charge in [-0.3, -0.25) is 4.90 Å². The standard InChI is InChI=1S/C15H30N2O/c1-4-16-14-7-5-6-13(14)8-9-17-10-11-18-12-15(17,2)3/h13-14,16H,4-12H2,1-3H3. The highest BCUT2D eigenvalue weighted by molar-refractivity contribution is 4.88. The van der Waals surface area contributed by atoms with Crippen LogP contribution in [0.25, 0.3) is 0 Å².